The molecule has 0 radical (unpaired) electrons. The molecule has 3 aromatic rings. The van der Waals surface area contributed by atoms with Gasteiger partial charge in [0.05, 0.1) is 26.3 Å². The van der Waals surface area contributed by atoms with Crippen molar-refractivity contribution in [2.24, 2.45) is 0 Å². The van der Waals surface area contributed by atoms with Crippen LogP contribution in [0.15, 0.2) is 34.4 Å². The van der Waals surface area contributed by atoms with Crippen molar-refractivity contribution in [1.82, 2.24) is 14.9 Å². The molecule has 1 N–H and O–H groups in total. The van der Waals surface area contributed by atoms with Crippen LogP contribution in [0.2, 0.25) is 0 Å². The Hall–Kier alpha value is -2.38. The molecule has 3 heterocycles. The summed E-state index contributed by atoms with van der Waals surface area (Å²) < 4.78 is 11.6. The van der Waals surface area contributed by atoms with Crippen LogP contribution in [0.1, 0.15) is 30.3 Å². The van der Waals surface area contributed by atoms with Crippen LogP contribution < -0.4 is 15.0 Å². The van der Waals surface area contributed by atoms with Crippen LogP contribution in [0.4, 0.5) is 0 Å². The number of hydrogen-bond acceptors (Lipinski definition) is 6. The quantitative estimate of drug-likeness (QED) is 0.745. The summed E-state index contributed by atoms with van der Waals surface area (Å²) in [4.78, 5) is 22.1. The lowest BCUT2D eigenvalue weighted by atomic mass is 10.0. The summed E-state index contributed by atoms with van der Waals surface area (Å²) in [5.41, 5.74) is 1.86. The number of thiophene rings is 1. The summed E-state index contributed by atoms with van der Waals surface area (Å²) in [5.74, 6) is 2.32. The SMILES string of the molecule is COc1ccc(C2CCCN2Cc2nc3ccsc3c(=O)[nH]2)c(OC)c1. The highest BCUT2D eigenvalue weighted by Gasteiger charge is 2.29. The van der Waals surface area contributed by atoms with Crippen LogP contribution in [0, 0.1) is 0 Å². The molecule has 2 aromatic heterocycles. The minimum atomic E-state index is -0.0576. The molecule has 26 heavy (non-hydrogen) atoms. The summed E-state index contributed by atoms with van der Waals surface area (Å²) in [6, 6.07) is 8.08. The fourth-order valence-corrected chi connectivity index (χ4v) is 4.38. The van der Waals surface area contributed by atoms with E-state index in [0.29, 0.717) is 17.1 Å². The Morgan fingerprint density at radius 3 is 3.00 bits per heavy atom. The number of benzene rings is 1. The lowest BCUT2D eigenvalue weighted by molar-refractivity contribution is 0.237. The monoisotopic (exact) mass is 371 g/mol. The number of likely N-dealkylation sites (tertiary alicyclic amines) is 1. The Morgan fingerprint density at radius 2 is 2.19 bits per heavy atom. The maximum atomic E-state index is 12.2. The fraction of sp³-hybridized carbons (Fsp3) is 0.368. The van der Waals surface area contributed by atoms with Crippen molar-refractivity contribution in [2.75, 3.05) is 20.8 Å². The first-order valence-electron chi connectivity index (χ1n) is 8.62. The zero-order valence-corrected chi connectivity index (χ0v) is 15.6. The van der Waals surface area contributed by atoms with E-state index in [1.807, 2.05) is 23.6 Å². The van der Waals surface area contributed by atoms with Gasteiger partial charge in [0.1, 0.15) is 22.0 Å². The normalized spacial score (nSPS) is 17.7. The van der Waals surface area contributed by atoms with Gasteiger partial charge in [-0.1, -0.05) is 6.07 Å². The minimum absolute atomic E-state index is 0.0576. The van der Waals surface area contributed by atoms with Gasteiger partial charge in [0.25, 0.3) is 5.56 Å². The molecule has 1 fully saturated rings. The van der Waals surface area contributed by atoms with Gasteiger partial charge < -0.3 is 14.5 Å². The second-order valence-corrected chi connectivity index (χ2v) is 7.30. The zero-order chi connectivity index (χ0) is 18.1. The van der Waals surface area contributed by atoms with E-state index in [1.165, 1.54) is 11.3 Å². The van der Waals surface area contributed by atoms with E-state index in [-0.39, 0.29) is 11.6 Å². The van der Waals surface area contributed by atoms with Gasteiger partial charge in [0.2, 0.25) is 0 Å². The van der Waals surface area contributed by atoms with Gasteiger partial charge in [-0.05, 0) is 36.9 Å². The summed E-state index contributed by atoms with van der Waals surface area (Å²) in [7, 11) is 3.33. The van der Waals surface area contributed by atoms with E-state index >= 15 is 0 Å². The van der Waals surface area contributed by atoms with Gasteiger partial charge in [0.15, 0.2) is 0 Å². The van der Waals surface area contributed by atoms with Crippen molar-refractivity contribution in [3.8, 4) is 11.5 Å². The molecule has 7 heteroatoms. The number of H-pyrrole nitrogens is 1. The number of rotatable bonds is 5. The smallest absolute Gasteiger partial charge is 0.268 e. The van der Waals surface area contributed by atoms with Crippen molar-refractivity contribution >= 4 is 21.6 Å². The van der Waals surface area contributed by atoms with Crippen LogP contribution >= 0.6 is 11.3 Å². The summed E-state index contributed by atoms with van der Waals surface area (Å²) in [5, 5.41) is 1.90. The van der Waals surface area contributed by atoms with Crippen LogP contribution in [-0.4, -0.2) is 35.6 Å². The molecule has 0 aliphatic carbocycles. The predicted molar refractivity (Wildman–Crippen MR) is 102 cm³/mol. The van der Waals surface area contributed by atoms with Crippen molar-refractivity contribution in [1.29, 1.82) is 0 Å². The average Bonchev–Trinajstić information content (AvgIpc) is 3.30. The molecule has 1 saturated heterocycles. The second-order valence-electron chi connectivity index (χ2n) is 6.38. The van der Waals surface area contributed by atoms with Crippen LogP contribution in [0.25, 0.3) is 10.2 Å². The molecular formula is C19H21N3O3S. The molecule has 1 aromatic carbocycles. The van der Waals surface area contributed by atoms with Gasteiger partial charge in [-0.3, -0.25) is 9.69 Å². The molecule has 6 nitrogen and oxygen atoms in total. The Labute approximate surface area is 155 Å². The van der Waals surface area contributed by atoms with Crippen molar-refractivity contribution in [3.63, 3.8) is 0 Å². The van der Waals surface area contributed by atoms with Crippen molar-refractivity contribution in [2.45, 2.75) is 25.4 Å². The van der Waals surface area contributed by atoms with Crippen molar-refractivity contribution < 1.29 is 9.47 Å². The number of methoxy groups -OCH3 is 2. The molecule has 1 aliphatic heterocycles. The molecule has 1 unspecified atom stereocenters. The topological polar surface area (TPSA) is 67.5 Å². The second kappa shape index (κ2) is 7.09. The maximum absolute atomic E-state index is 12.2. The number of ether oxygens (including phenoxy) is 2. The molecule has 1 aliphatic rings. The van der Waals surface area contributed by atoms with Crippen LogP contribution in [0.3, 0.4) is 0 Å². The van der Waals surface area contributed by atoms with E-state index in [2.05, 4.69) is 20.9 Å². The standard InChI is InChI=1S/C19H21N3O3S/c1-24-12-5-6-13(16(10-12)25-2)15-4-3-8-22(15)11-17-20-14-7-9-26-18(14)19(23)21-17/h5-7,9-10,15H,3-4,8,11H2,1-2H3,(H,20,21,23). The van der Waals surface area contributed by atoms with E-state index in [9.17, 15) is 4.79 Å². The fourth-order valence-electron chi connectivity index (χ4n) is 3.65. The first-order chi connectivity index (χ1) is 12.7. The molecule has 4 rings (SSSR count). The number of nitrogens with one attached hydrogen (secondary N) is 1. The van der Waals surface area contributed by atoms with Crippen LogP contribution in [0.5, 0.6) is 11.5 Å². The summed E-state index contributed by atoms with van der Waals surface area (Å²) >= 11 is 1.42. The lowest BCUT2D eigenvalue weighted by Crippen LogP contribution is -2.25. The van der Waals surface area contributed by atoms with Crippen molar-refractivity contribution in [3.05, 3.63) is 51.4 Å². The highest BCUT2D eigenvalue weighted by atomic mass is 32.1. The lowest BCUT2D eigenvalue weighted by Gasteiger charge is -2.26. The Morgan fingerprint density at radius 1 is 1.31 bits per heavy atom. The van der Waals surface area contributed by atoms with Crippen LogP contribution in [-0.2, 0) is 6.54 Å². The van der Waals surface area contributed by atoms with Gasteiger partial charge in [-0.2, -0.15) is 0 Å². The number of nitrogens with zero attached hydrogens (tertiary/aromatic N) is 2. The molecule has 0 amide bonds. The van der Waals surface area contributed by atoms with E-state index in [1.54, 1.807) is 14.2 Å². The molecule has 0 spiro atoms. The molecule has 136 valence electrons. The zero-order valence-electron chi connectivity index (χ0n) is 14.8. The first kappa shape index (κ1) is 17.1. The van der Waals surface area contributed by atoms with Gasteiger partial charge in [-0.25, -0.2) is 4.98 Å². The number of hydrogen-bond donors (Lipinski definition) is 1. The molecule has 0 saturated carbocycles. The highest BCUT2D eigenvalue weighted by Crippen LogP contribution is 2.39. The third-order valence-electron chi connectivity index (χ3n) is 4.88. The Kier molecular flexibility index (Phi) is 4.65. The number of aromatic amines is 1. The van der Waals surface area contributed by atoms with Gasteiger partial charge in [0, 0.05) is 17.7 Å². The first-order valence-corrected chi connectivity index (χ1v) is 9.50. The third kappa shape index (κ3) is 3.08. The molecular weight excluding hydrogens is 350 g/mol. The van der Waals surface area contributed by atoms with Gasteiger partial charge in [-0.15, -0.1) is 11.3 Å². The third-order valence-corrected chi connectivity index (χ3v) is 5.78. The predicted octanol–water partition coefficient (Wildman–Crippen LogP) is 3.34. The summed E-state index contributed by atoms with van der Waals surface area (Å²) in [6.45, 7) is 1.58. The summed E-state index contributed by atoms with van der Waals surface area (Å²) in [6.07, 6.45) is 2.15. The van der Waals surface area contributed by atoms with E-state index < -0.39 is 0 Å². The number of aromatic nitrogens is 2. The molecule has 0 bridgehead atoms. The van der Waals surface area contributed by atoms with E-state index in [0.717, 1.165) is 42.0 Å². The average molecular weight is 371 g/mol. The minimum Gasteiger partial charge on any atom is -0.497 e. The number of fused-ring (bicyclic) bond motifs is 1. The van der Waals surface area contributed by atoms with Gasteiger partial charge >= 0.3 is 0 Å². The Balaban J connectivity index is 1.63. The Bertz CT molecular complexity index is 982. The van der Waals surface area contributed by atoms with E-state index in [4.69, 9.17) is 9.47 Å². The molecule has 1 atom stereocenters. The largest absolute Gasteiger partial charge is 0.497 e. The maximum Gasteiger partial charge on any atom is 0.268 e. The highest BCUT2D eigenvalue weighted by molar-refractivity contribution is 7.17.